The Morgan fingerprint density at radius 2 is 1.40 bits per heavy atom. The van der Waals surface area contributed by atoms with Gasteiger partial charge < -0.3 is 0 Å². The minimum absolute atomic E-state index is 1.06. The number of hydrogen-bond acceptors (Lipinski definition) is 1. The number of benzene rings is 4. The van der Waals surface area contributed by atoms with Crippen LogP contribution in [0.15, 0.2) is 72.8 Å². The number of aromatic nitrogens is 2. The lowest BCUT2D eigenvalue weighted by molar-refractivity contribution is 1.23. The van der Waals surface area contributed by atoms with E-state index >= 15 is 0 Å². The first kappa shape index (κ1) is 13.3. The van der Waals surface area contributed by atoms with Gasteiger partial charge in [-0.1, -0.05) is 60.7 Å². The number of hydrogen-bond donors (Lipinski definition) is 0. The molecule has 0 unspecified atom stereocenters. The molecule has 25 heavy (non-hydrogen) atoms. The van der Waals surface area contributed by atoms with Crippen LogP contribution >= 0.6 is 0 Å². The van der Waals surface area contributed by atoms with Gasteiger partial charge in [0.1, 0.15) is 5.65 Å². The van der Waals surface area contributed by atoms with Gasteiger partial charge in [0, 0.05) is 31.0 Å². The maximum atomic E-state index is 5.02. The second-order valence-corrected chi connectivity index (χ2v) is 7.28. The summed E-state index contributed by atoms with van der Waals surface area (Å²) in [5, 5.41) is 7.63. The highest BCUT2D eigenvalue weighted by atomic mass is 28.1. The fourth-order valence-corrected chi connectivity index (χ4v) is 4.72. The van der Waals surface area contributed by atoms with Crippen LogP contribution < -0.4 is 0 Å². The molecule has 0 saturated carbocycles. The van der Waals surface area contributed by atoms with Crippen molar-refractivity contribution in [3.05, 3.63) is 77.7 Å². The Kier molecular flexibility index (Phi) is 2.40. The van der Waals surface area contributed by atoms with Gasteiger partial charge in [-0.2, -0.15) is 0 Å². The molecule has 0 fully saturated rings. The molecule has 6 aromatic rings. The molecular weight excluding hydrogens is 320 g/mol. The molecular formula is C22H14N2Si. The second kappa shape index (κ2) is 4.52. The number of imidazole rings is 1. The molecule has 0 saturated heterocycles. The Morgan fingerprint density at radius 1 is 0.720 bits per heavy atom. The van der Waals surface area contributed by atoms with Gasteiger partial charge in [0.15, 0.2) is 0 Å². The van der Waals surface area contributed by atoms with Gasteiger partial charge in [0.2, 0.25) is 0 Å². The Hall–Kier alpha value is -3.04. The van der Waals surface area contributed by atoms with E-state index in [2.05, 4.69) is 77.2 Å². The van der Waals surface area contributed by atoms with Crippen LogP contribution in [0.2, 0.25) is 0 Å². The molecule has 0 aliphatic carbocycles. The molecule has 6 rings (SSSR count). The number of nitrogens with zero attached hydrogens (tertiary/aromatic N) is 2. The van der Waals surface area contributed by atoms with E-state index in [1.54, 1.807) is 0 Å². The number of fused-ring (bicyclic) bond motifs is 5. The van der Waals surface area contributed by atoms with Gasteiger partial charge in [-0.3, -0.25) is 4.40 Å². The third-order valence-corrected chi connectivity index (χ3v) is 5.95. The van der Waals surface area contributed by atoms with Gasteiger partial charge in [-0.15, -0.1) is 0 Å². The van der Waals surface area contributed by atoms with E-state index in [1.165, 1.54) is 42.8 Å². The van der Waals surface area contributed by atoms with Gasteiger partial charge in [0.25, 0.3) is 0 Å². The average Bonchev–Trinajstić information content (AvgIpc) is 3.02. The third-order valence-electron chi connectivity index (χ3n) is 5.25. The third kappa shape index (κ3) is 1.63. The monoisotopic (exact) mass is 334 g/mol. The van der Waals surface area contributed by atoms with Crippen molar-refractivity contribution in [2.75, 3.05) is 0 Å². The van der Waals surface area contributed by atoms with Crippen LogP contribution in [0.25, 0.3) is 49.0 Å². The van der Waals surface area contributed by atoms with E-state index < -0.39 is 0 Å². The van der Waals surface area contributed by atoms with Gasteiger partial charge in [0.05, 0.1) is 11.0 Å². The molecule has 0 amide bonds. The molecule has 0 radical (unpaired) electrons. The largest absolute Gasteiger partial charge is 0.297 e. The number of pyridine rings is 1. The van der Waals surface area contributed by atoms with Crippen LogP contribution in [0, 0.1) is 4.94 Å². The van der Waals surface area contributed by atoms with E-state index in [0.717, 1.165) is 11.2 Å². The quantitative estimate of drug-likeness (QED) is 0.373. The molecule has 4 aromatic carbocycles. The summed E-state index contributed by atoms with van der Waals surface area (Å²) < 4.78 is 2.33. The summed E-state index contributed by atoms with van der Waals surface area (Å²) in [5.74, 6) is 0. The van der Waals surface area contributed by atoms with Crippen molar-refractivity contribution in [3.8, 4) is 0 Å². The molecule has 2 nitrogen and oxygen atoms in total. The smallest absolute Gasteiger partial charge is 0.146 e. The highest BCUT2D eigenvalue weighted by molar-refractivity contribution is 6.19. The molecule has 0 aliphatic rings. The van der Waals surface area contributed by atoms with Crippen LogP contribution in [0.5, 0.6) is 0 Å². The topological polar surface area (TPSA) is 17.3 Å². The molecule has 0 atom stereocenters. The minimum Gasteiger partial charge on any atom is -0.297 e. The Bertz CT molecular complexity index is 1510. The lowest BCUT2D eigenvalue weighted by Crippen LogP contribution is -1.93. The molecule has 0 N–H and O–H groups in total. The van der Waals surface area contributed by atoms with E-state index in [1.807, 2.05) is 9.85 Å². The molecule has 3 heteroatoms. The first-order chi connectivity index (χ1) is 12.3. The van der Waals surface area contributed by atoms with E-state index in [9.17, 15) is 0 Å². The first-order valence-electron chi connectivity index (χ1n) is 8.44. The second-order valence-electron chi connectivity index (χ2n) is 6.61. The van der Waals surface area contributed by atoms with Gasteiger partial charge in [-0.25, -0.2) is 4.98 Å². The zero-order valence-electron chi connectivity index (χ0n) is 13.5. The summed E-state index contributed by atoms with van der Waals surface area (Å²) in [7, 11) is 1.95. The number of rotatable bonds is 0. The Balaban J connectivity index is 1.99. The van der Waals surface area contributed by atoms with E-state index in [4.69, 9.17) is 4.98 Å². The maximum Gasteiger partial charge on any atom is 0.146 e. The Morgan fingerprint density at radius 3 is 2.20 bits per heavy atom. The minimum atomic E-state index is 1.06. The van der Waals surface area contributed by atoms with Crippen molar-refractivity contribution in [1.29, 1.82) is 0 Å². The van der Waals surface area contributed by atoms with Crippen molar-refractivity contribution >= 4 is 58.9 Å². The maximum absolute atomic E-state index is 5.02. The molecule has 116 valence electrons. The van der Waals surface area contributed by atoms with Crippen LogP contribution in [0.1, 0.15) is 0 Å². The Labute approximate surface area is 146 Å². The fraction of sp³-hybridized carbons (Fsp3) is 0. The van der Waals surface area contributed by atoms with E-state index in [0.29, 0.717) is 0 Å². The normalized spacial score (nSPS) is 12.2. The summed E-state index contributed by atoms with van der Waals surface area (Å²) in [6, 6.07) is 26.0. The van der Waals surface area contributed by atoms with Crippen LogP contribution in [0.3, 0.4) is 0 Å². The lowest BCUT2D eigenvalue weighted by Gasteiger charge is -2.09. The van der Waals surface area contributed by atoms with Crippen molar-refractivity contribution in [1.82, 2.24) is 9.38 Å². The summed E-state index contributed by atoms with van der Waals surface area (Å²) >= 11 is 0. The molecule has 0 spiro atoms. The van der Waals surface area contributed by atoms with Gasteiger partial charge >= 0.3 is 0 Å². The zero-order chi connectivity index (χ0) is 16.5. The van der Waals surface area contributed by atoms with Crippen molar-refractivity contribution < 1.29 is 0 Å². The van der Waals surface area contributed by atoms with Crippen LogP contribution in [-0.2, 0) is 0 Å². The SMILES string of the molecule is [SiH2]=c1c2cccc3cccc(c32)c2nc3cc4ccccc4cc3n12. The zero-order valence-corrected chi connectivity index (χ0v) is 14.9. The molecule has 2 heterocycles. The van der Waals surface area contributed by atoms with Crippen LogP contribution in [0.4, 0.5) is 0 Å². The molecule has 2 aromatic heterocycles. The van der Waals surface area contributed by atoms with Gasteiger partial charge in [-0.05, 0) is 28.3 Å². The average molecular weight is 334 g/mol. The fourth-order valence-electron chi connectivity index (χ4n) is 4.11. The predicted molar refractivity (Wildman–Crippen MR) is 108 cm³/mol. The summed E-state index contributed by atoms with van der Waals surface area (Å²) in [6.07, 6.45) is 0. The standard InChI is InChI=1S/C22H14N2Si/c25-22-17-10-4-8-13-7-3-9-16(20(13)17)21-23-18-11-14-5-1-2-6-15(14)12-19(18)24(21)22/h1-12H,25H2. The molecule has 0 bridgehead atoms. The van der Waals surface area contributed by atoms with Crippen molar-refractivity contribution in [2.45, 2.75) is 0 Å². The highest BCUT2D eigenvalue weighted by Gasteiger charge is 2.13. The summed E-state index contributed by atoms with van der Waals surface area (Å²) in [4.78, 5) is 6.30. The van der Waals surface area contributed by atoms with Crippen molar-refractivity contribution in [2.24, 2.45) is 0 Å². The summed E-state index contributed by atoms with van der Waals surface area (Å²) in [6.45, 7) is 0. The molecule has 0 aliphatic heterocycles. The van der Waals surface area contributed by atoms with Crippen LogP contribution in [-0.4, -0.2) is 19.2 Å². The summed E-state index contributed by atoms with van der Waals surface area (Å²) in [5.41, 5.74) is 3.30. The highest BCUT2D eigenvalue weighted by Crippen LogP contribution is 2.33. The van der Waals surface area contributed by atoms with E-state index in [-0.39, 0.29) is 0 Å². The van der Waals surface area contributed by atoms with Crippen molar-refractivity contribution in [3.63, 3.8) is 0 Å². The predicted octanol–water partition coefficient (Wildman–Crippen LogP) is 4.55. The first-order valence-corrected chi connectivity index (χ1v) is 9.15. The lowest BCUT2D eigenvalue weighted by atomic mass is 10.0.